The third-order valence-electron chi connectivity index (χ3n) is 4.06. The lowest BCUT2D eigenvalue weighted by Crippen LogP contribution is -2.17. The van der Waals surface area contributed by atoms with Crippen LogP contribution in [0.1, 0.15) is 32.9 Å². The zero-order valence-corrected chi connectivity index (χ0v) is 16.0. The predicted octanol–water partition coefficient (Wildman–Crippen LogP) is 5.84. The topological polar surface area (TPSA) is 46.4 Å². The number of fused-ring (bicyclic) bond motifs is 1. The fourth-order valence-corrected chi connectivity index (χ4v) is 3.51. The summed E-state index contributed by atoms with van der Waals surface area (Å²) in [5.74, 6) is -0.635. The van der Waals surface area contributed by atoms with Crippen molar-refractivity contribution < 1.29 is 18.0 Å². The van der Waals surface area contributed by atoms with Crippen molar-refractivity contribution in [1.29, 1.82) is 0 Å². The molecule has 0 saturated carbocycles. The third-order valence-corrected chi connectivity index (χ3v) is 4.64. The van der Waals surface area contributed by atoms with E-state index in [0.29, 0.717) is 10.7 Å². The molecular formula is C18H14Cl2F3N3O. The number of amides is 1. The van der Waals surface area contributed by atoms with Crippen LogP contribution in [0.2, 0.25) is 10.0 Å². The van der Waals surface area contributed by atoms with Gasteiger partial charge in [0.1, 0.15) is 5.69 Å². The van der Waals surface area contributed by atoms with Crippen molar-refractivity contribution in [2.45, 2.75) is 26.9 Å². The summed E-state index contributed by atoms with van der Waals surface area (Å²) < 4.78 is 40.4. The second kappa shape index (κ2) is 6.73. The van der Waals surface area contributed by atoms with Crippen molar-refractivity contribution >= 4 is 40.4 Å². The molecule has 9 heteroatoms. The Bertz CT molecular complexity index is 1050. The van der Waals surface area contributed by atoms with Gasteiger partial charge in [-0.2, -0.15) is 13.2 Å². The van der Waals surface area contributed by atoms with Crippen LogP contribution in [0.25, 0.3) is 5.65 Å². The Hall–Kier alpha value is -2.25. The summed E-state index contributed by atoms with van der Waals surface area (Å²) in [6, 6.07) is 4.30. The molecule has 0 atom stereocenters. The van der Waals surface area contributed by atoms with Crippen molar-refractivity contribution in [2.24, 2.45) is 0 Å². The Balaban J connectivity index is 2.12. The number of carbonyl (C=O) groups excluding carboxylic acids is 1. The number of nitrogens with zero attached hydrogens (tertiary/aromatic N) is 2. The summed E-state index contributed by atoms with van der Waals surface area (Å²) in [7, 11) is 0. The summed E-state index contributed by atoms with van der Waals surface area (Å²) >= 11 is 12.2. The standard InChI is InChI=1S/C18H14Cl2F3N3O/c1-8-4-9(2)14(12(19)5-8)25-17(27)15-10(3)24-16-13(20)6-11(7-26(15)16)18(21,22)23/h4-7H,1-3H3,(H,25,27). The Morgan fingerprint density at radius 1 is 1.11 bits per heavy atom. The van der Waals surface area contributed by atoms with Crippen LogP contribution >= 0.6 is 23.2 Å². The van der Waals surface area contributed by atoms with Gasteiger partial charge in [-0.15, -0.1) is 0 Å². The summed E-state index contributed by atoms with van der Waals surface area (Å²) in [6.07, 6.45) is -3.81. The molecule has 0 fully saturated rings. The zero-order valence-electron chi connectivity index (χ0n) is 14.5. The average Bonchev–Trinajstić information content (AvgIpc) is 2.86. The smallest absolute Gasteiger partial charge is 0.319 e. The number of hydrogen-bond acceptors (Lipinski definition) is 2. The molecule has 0 aliphatic rings. The maximum Gasteiger partial charge on any atom is 0.417 e. The minimum absolute atomic E-state index is 0.0472. The van der Waals surface area contributed by atoms with Gasteiger partial charge in [0.25, 0.3) is 5.91 Å². The molecule has 1 aromatic carbocycles. The summed E-state index contributed by atoms with van der Waals surface area (Å²) in [6.45, 7) is 5.16. The molecule has 1 amide bonds. The van der Waals surface area contributed by atoms with E-state index in [1.54, 1.807) is 13.0 Å². The van der Waals surface area contributed by atoms with E-state index in [-0.39, 0.29) is 22.1 Å². The first-order chi connectivity index (χ1) is 12.5. The van der Waals surface area contributed by atoms with Crippen LogP contribution in [0, 0.1) is 20.8 Å². The maximum atomic E-state index is 13.1. The van der Waals surface area contributed by atoms with E-state index in [1.165, 1.54) is 6.92 Å². The summed E-state index contributed by atoms with van der Waals surface area (Å²) in [4.78, 5) is 16.9. The van der Waals surface area contributed by atoms with Crippen LogP contribution in [0.3, 0.4) is 0 Å². The van der Waals surface area contributed by atoms with Crippen molar-refractivity contribution in [3.05, 3.63) is 62.5 Å². The molecule has 3 aromatic rings. The van der Waals surface area contributed by atoms with Gasteiger partial charge in [0, 0.05) is 6.20 Å². The number of rotatable bonds is 2. The fraction of sp³-hybridized carbons (Fsp3) is 0.222. The van der Waals surface area contributed by atoms with E-state index in [9.17, 15) is 18.0 Å². The molecule has 0 bridgehead atoms. The number of hydrogen-bond donors (Lipinski definition) is 1. The van der Waals surface area contributed by atoms with Crippen molar-refractivity contribution in [3.8, 4) is 0 Å². The quantitative estimate of drug-likeness (QED) is 0.571. The molecule has 142 valence electrons. The molecule has 1 N–H and O–H groups in total. The van der Waals surface area contributed by atoms with E-state index < -0.39 is 17.6 Å². The van der Waals surface area contributed by atoms with Gasteiger partial charge >= 0.3 is 6.18 Å². The van der Waals surface area contributed by atoms with Crippen molar-refractivity contribution in [1.82, 2.24) is 9.38 Å². The van der Waals surface area contributed by atoms with Crippen LogP contribution in [0.5, 0.6) is 0 Å². The number of aryl methyl sites for hydroxylation is 3. The summed E-state index contributed by atoms with van der Waals surface area (Å²) in [5, 5.41) is 2.80. The lowest BCUT2D eigenvalue weighted by atomic mass is 10.1. The number of halogens is 5. The Morgan fingerprint density at radius 2 is 1.78 bits per heavy atom. The lowest BCUT2D eigenvalue weighted by molar-refractivity contribution is -0.137. The molecule has 0 aliphatic heterocycles. The highest BCUT2D eigenvalue weighted by molar-refractivity contribution is 6.34. The Kier molecular flexibility index (Phi) is 4.86. The molecule has 2 heterocycles. The average molecular weight is 416 g/mol. The monoisotopic (exact) mass is 415 g/mol. The molecule has 0 spiro atoms. The first-order valence-electron chi connectivity index (χ1n) is 7.82. The van der Waals surface area contributed by atoms with Gasteiger partial charge in [-0.05, 0) is 44.0 Å². The molecule has 0 aliphatic carbocycles. The minimum atomic E-state index is -4.61. The van der Waals surface area contributed by atoms with Gasteiger partial charge in [-0.3, -0.25) is 9.20 Å². The number of imidazole rings is 1. The van der Waals surface area contributed by atoms with Gasteiger partial charge in [-0.1, -0.05) is 29.3 Å². The molecule has 0 saturated heterocycles. The molecule has 27 heavy (non-hydrogen) atoms. The highest BCUT2D eigenvalue weighted by Crippen LogP contribution is 2.33. The fourth-order valence-electron chi connectivity index (χ4n) is 2.89. The second-order valence-electron chi connectivity index (χ2n) is 6.21. The molecular weight excluding hydrogens is 402 g/mol. The molecule has 2 aromatic heterocycles. The van der Waals surface area contributed by atoms with Crippen LogP contribution in [0.15, 0.2) is 24.4 Å². The molecule has 3 rings (SSSR count). The van der Waals surface area contributed by atoms with Crippen LogP contribution in [0.4, 0.5) is 18.9 Å². The number of anilines is 1. The number of pyridine rings is 1. The maximum absolute atomic E-state index is 13.1. The van der Waals surface area contributed by atoms with E-state index in [1.807, 2.05) is 13.0 Å². The number of nitrogens with one attached hydrogen (secondary N) is 1. The molecule has 0 unspecified atom stereocenters. The van der Waals surface area contributed by atoms with E-state index in [2.05, 4.69) is 10.3 Å². The van der Waals surface area contributed by atoms with Gasteiger partial charge < -0.3 is 5.32 Å². The van der Waals surface area contributed by atoms with Gasteiger partial charge in [0.15, 0.2) is 5.65 Å². The predicted molar refractivity (Wildman–Crippen MR) is 98.8 cm³/mol. The van der Waals surface area contributed by atoms with Crippen LogP contribution < -0.4 is 5.32 Å². The van der Waals surface area contributed by atoms with Gasteiger partial charge in [-0.25, -0.2) is 4.98 Å². The van der Waals surface area contributed by atoms with Crippen LogP contribution in [-0.2, 0) is 6.18 Å². The highest BCUT2D eigenvalue weighted by Gasteiger charge is 2.33. The Morgan fingerprint density at radius 3 is 2.37 bits per heavy atom. The first kappa shape index (κ1) is 19.5. The summed E-state index contributed by atoms with van der Waals surface area (Å²) in [5.41, 5.74) is 1.33. The van der Waals surface area contributed by atoms with Gasteiger partial charge in [0.2, 0.25) is 0 Å². The minimum Gasteiger partial charge on any atom is -0.319 e. The SMILES string of the molecule is Cc1cc(C)c(NC(=O)c2c(C)nc3c(Cl)cc(C(F)(F)F)cn23)c(Cl)c1. The third kappa shape index (κ3) is 3.61. The Labute approximate surface area is 162 Å². The van der Waals surface area contributed by atoms with Crippen LogP contribution in [-0.4, -0.2) is 15.3 Å². The van der Waals surface area contributed by atoms with E-state index in [4.69, 9.17) is 23.2 Å². The van der Waals surface area contributed by atoms with Crippen molar-refractivity contribution in [3.63, 3.8) is 0 Å². The van der Waals surface area contributed by atoms with E-state index >= 15 is 0 Å². The van der Waals surface area contributed by atoms with E-state index in [0.717, 1.165) is 27.8 Å². The number of alkyl halides is 3. The number of benzene rings is 1. The molecule has 4 nitrogen and oxygen atoms in total. The lowest BCUT2D eigenvalue weighted by Gasteiger charge is -2.13. The molecule has 0 radical (unpaired) electrons. The normalized spacial score (nSPS) is 11.9. The highest BCUT2D eigenvalue weighted by atomic mass is 35.5. The number of aromatic nitrogens is 2. The van der Waals surface area contributed by atoms with Crippen molar-refractivity contribution in [2.75, 3.05) is 5.32 Å². The second-order valence-corrected chi connectivity index (χ2v) is 7.02. The number of carbonyl (C=O) groups is 1. The zero-order chi connectivity index (χ0) is 20.1. The van der Waals surface area contributed by atoms with Gasteiger partial charge in [0.05, 0.1) is 27.0 Å². The first-order valence-corrected chi connectivity index (χ1v) is 8.58. The largest absolute Gasteiger partial charge is 0.417 e.